The fraction of sp³-hybridized carbons (Fsp3) is 1.00. The van der Waals surface area contributed by atoms with Crippen molar-refractivity contribution >= 4 is 0 Å². The normalized spacial score (nSPS) is 31.8. The van der Waals surface area contributed by atoms with Gasteiger partial charge in [-0.15, -0.1) is 0 Å². The van der Waals surface area contributed by atoms with Crippen LogP contribution in [0, 0.1) is 0 Å². The fourth-order valence-electron chi connectivity index (χ4n) is 2.21. The summed E-state index contributed by atoms with van der Waals surface area (Å²) < 4.78 is 0. The van der Waals surface area contributed by atoms with Crippen LogP contribution in [0.1, 0.15) is 39.5 Å². The average Bonchev–Trinajstić information content (AvgIpc) is 2.96. The van der Waals surface area contributed by atoms with Crippen LogP contribution >= 0.6 is 0 Å². The molecule has 0 radical (unpaired) electrons. The number of nitrogens with zero attached hydrogens (tertiary/aromatic N) is 1. The highest BCUT2D eigenvalue weighted by molar-refractivity contribution is 4.92. The van der Waals surface area contributed by atoms with Gasteiger partial charge in [0.05, 0.1) is 5.60 Å². The van der Waals surface area contributed by atoms with E-state index in [-0.39, 0.29) is 0 Å². The molecule has 2 fully saturated rings. The largest absolute Gasteiger partial charge is 0.389 e. The lowest BCUT2D eigenvalue weighted by Crippen LogP contribution is -2.43. The number of rotatable bonds is 5. The van der Waals surface area contributed by atoms with E-state index in [1.165, 1.54) is 32.4 Å². The third-order valence-electron chi connectivity index (χ3n) is 3.82. The van der Waals surface area contributed by atoms with Crippen LogP contribution in [0.2, 0.25) is 0 Å². The molecule has 2 aliphatic rings. The molecule has 1 aliphatic heterocycles. The Balaban J connectivity index is 1.68. The molecular formula is C12H24N2O. The molecule has 2 N–H and O–H groups in total. The summed E-state index contributed by atoms with van der Waals surface area (Å²) in [5, 5.41) is 13.4. The minimum absolute atomic E-state index is 0.535. The molecule has 0 spiro atoms. The van der Waals surface area contributed by atoms with Crippen molar-refractivity contribution < 1.29 is 5.11 Å². The summed E-state index contributed by atoms with van der Waals surface area (Å²) in [4.78, 5) is 2.60. The van der Waals surface area contributed by atoms with Crippen molar-refractivity contribution in [2.45, 2.75) is 57.2 Å². The summed E-state index contributed by atoms with van der Waals surface area (Å²) in [5.74, 6) is 0. The molecule has 0 aromatic rings. The highest BCUT2D eigenvalue weighted by atomic mass is 16.3. The molecule has 0 aromatic carbocycles. The van der Waals surface area contributed by atoms with Gasteiger partial charge in [-0.25, -0.2) is 0 Å². The molecule has 88 valence electrons. The fourth-order valence-corrected chi connectivity index (χ4v) is 2.21. The second-order valence-electron chi connectivity index (χ2n) is 5.44. The zero-order chi connectivity index (χ0) is 10.9. The van der Waals surface area contributed by atoms with Crippen molar-refractivity contribution in [3.63, 3.8) is 0 Å². The molecule has 0 amide bonds. The lowest BCUT2D eigenvalue weighted by Gasteiger charge is -2.24. The van der Waals surface area contributed by atoms with Gasteiger partial charge >= 0.3 is 0 Å². The Labute approximate surface area is 92.8 Å². The Morgan fingerprint density at radius 1 is 1.40 bits per heavy atom. The van der Waals surface area contributed by atoms with E-state index in [9.17, 15) is 5.11 Å². The second kappa shape index (κ2) is 4.40. The molecule has 15 heavy (non-hydrogen) atoms. The predicted molar refractivity (Wildman–Crippen MR) is 61.9 cm³/mol. The summed E-state index contributed by atoms with van der Waals surface area (Å²) in [5.41, 5.74) is -0.535. The molecule has 1 saturated carbocycles. The van der Waals surface area contributed by atoms with E-state index in [1.54, 1.807) is 0 Å². The van der Waals surface area contributed by atoms with E-state index in [0.717, 1.165) is 19.0 Å². The van der Waals surface area contributed by atoms with Crippen LogP contribution in [0.5, 0.6) is 0 Å². The Kier molecular flexibility index (Phi) is 3.33. The van der Waals surface area contributed by atoms with Crippen LogP contribution in [-0.4, -0.2) is 47.3 Å². The van der Waals surface area contributed by atoms with Gasteiger partial charge in [-0.3, -0.25) is 4.90 Å². The van der Waals surface area contributed by atoms with Gasteiger partial charge in [0.1, 0.15) is 0 Å². The van der Waals surface area contributed by atoms with Crippen molar-refractivity contribution in [1.82, 2.24) is 10.2 Å². The maximum Gasteiger partial charge on any atom is 0.0741 e. The molecule has 2 unspecified atom stereocenters. The molecule has 0 bridgehead atoms. The first-order chi connectivity index (χ1) is 7.11. The monoisotopic (exact) mass is 212 g/mol. The molecule has 2 atom stereocenters. The van der Waals surface area contributed by atoms with Gasteiger partial charge in [0.25, 0.3) is 0 Å². The molecule has 3 nitrogen and oxygen atoms in total. The summed E-state index contributed by atoms with van der Waals surface area (Å²) in [6.45, 7) is 7.11. The molecule has 1 heterocycles. The Morgan fingerprint density at radius 3 is 2.73 bits per heavy atom. The number of hydrogen-bond donors (Lipinski definition) is 2. The zero-order valence-electron chi connectivity index (χ0n) is 10.00. The lowest BCUT2D eigenvalue weighted by atomic mass is 10.0. The van der Waals surface area contributed by atoms with Crippen molar-refractivity contribution in [3.05, 3.63) is 0 Å². The minimum Gasteiger partial charge on any atom is -0.389 e. The summed E-state index contributed by atoms with van der Waals surface area (Å²) in [7, 11) is 0. The molecular weight excluding hydrogens is 188 g/mol. The van der Waals surface area contributed by atoms with Crippen LogP contribution in [-0.2, 0) is 0 Å². The molecule has 1 aliphatic carbocycles. The van der Waals surface area contributed by atoms with E-state index < -0.39 is 5.60 Å². The van der Waals surface area contributed by atoms with Gasteiger partial charge in [0.15, 0.2) is 0 Å². The number of likely N-dealkylation sites (tertiary alicyclic amines) is 1. The van der Waals surface area contributed by atoms with Gasteiger partial charge in [0, 0.05) is 31.7 Å². The van der Waals surface area contributed by atoms with E-state index in [2.05, 4.69) is 10.2 Å². The van der Waals surface area contributed by atoms with Crippen LogP contribution in [0.4, 0.5) is 0 Å². The van der Waals surface area contributed by atoms with Crippen LogP contribution in [0.25, 0.3) is 0 Å². The van der Waals surface area contributed by atoms with Crippen molar-refractivity contribution in [1.29, 1.82) is 0 Å². The van der Waals surface area contributed by atoms with E-state index in [0.29, 0.717) is 6.04 Å². The first-order valence-electron chi connectivity index (χ1n) is 6.30. The Morgan fingerprint density at radius 2 is 2.13 bits per heavy atom. The van der Waals surface area contributed by atoms with Gasteiger partial charge < -0.3 is 10.4 Å². The lowest BCUT2D eigenvalue weighted by molar-refractivity contribution is 0.0530. The molecule has 3 heteroatoms. The van der Waals surface area contributed by atoms with Crippen molar-refractivity contribution in [2.24, 2.45) is 0 Å². The third kappa shape index (κ3) is 3.16. The standard InChI is InChI=1S/C12H24N2O/c1-3-12(2,15)9-13-10-6-7-14(8-10)11-4-5-11/h10-11,13,15H,3-9H2,1-2H3. The van der Waals surface area contributed by atoms with Crippen molar-refractivity contribution in [2.75, 3.05) is 19.6 Å². The third-order valence-corrected chi connectivity index (χ3v) is 3.82. The Hall–Kier alpha value is -0.120. The molecule has 0 aromatic heterocycles. The minimum atomic E-state index is -0.535. The maximum absolute atomic E-state index is 9.89. The first kappa shape index (κ1) is 11.4. The van der Waals surface area contributed by atoms with Gasteiger partial charge in [-0.1, -0.05) is 6.92 Å². The first-order valence-corrected chi connectivity index (χ1v) is 6.30. The maximum atomic E-state index is 9.89. The summed E-state index contributed by atoms with van der Waals surface area (Å²) >= 11 is 0. The zero-order valence-corrected chi connectivity index (χ0v) is 10.00. The second-order valence-corrected chi connectivity index (χ2v) is 5.44. The number of aliphatic hydroxyl groups is 1. The molecule has 2 rings (SSSR count). The quantitative estimate of drug-likeness (QED) is 0.713. The van der Waals surface area contributed by atoms with E-state index >= 15 is 0 Å². The van der Waals surface area contributed by atoms with Crippen molar-refractivity contribution in [3.8, 4) is 0 Å². The van der Waals surface area contributed by atoms with Crippen LogP contribution in [0.3, 0.4) is 0 Å². The smallest absolute Gasteiger partial charge is 0.0741 e. The van der Waals surface area contributed by atoms with Gasteiger partial charge in [0.2, 0.25) is 0 Å². The SMILES string of the molecule is CCC(C)(O)CNC1CCN(C2CC2)C1. The predicted octanol–water partition coefficient (Wildman–Crippen LogP) is 0.974. The number of nitrogens with one attached hydrogen (secondary N) is 1. The summed E-state index contributed by atoms with van der Waals surface area (Å²) in [6, 6.07) is 1.49. The van der Waals surface area contributed by atoms with Gasteiger partial charge in [-0.05, 0) is 32.6 Å². The Bertz CT molecular complexity index is 214. The van der Waals surface area contributed by atoms with Crippen LogP contribution in [0.15, 0.2) is 0 Å². The van der Waals surface area contributed by atoms with Gasteiger partial charge in [-0.2, -0.15) is 0 Å². The van der Waals surface area contributed by atoms with E-state index in [1.807, 2.05) is 13.8 Å². The highest BCUT2D eigenvalue weighted by Gasteiger charge is 2.34. The number of hydrogen-bond acceptors (Lipinski definition) is 3. The highest BCUT2D eigenvalue weighted by Crippen LogP contribution is 2.29. The van der Waals surface area contributed by atoms with Crippen LogP contribution < -0.4 is 5.32 Å². The van der Waals surface area contributed by atoms with E-state index in [4.69, 9.17) is 0 Å². The molecule has 1 saturated heterocycles. The average molecular weight is 212 g/mol. The topological polar surface area (TPSA) is 35.5 Å². The summed E-state index contributed by atoms with van der Waals surface area (Å²) in [6.07, 6.45) is 4.87.